The van der Waals surface area contributed by atoms with Gasteiger partial charge in [-0.2, -0.15) is 0 Å². The number of rotatable bonds is 5. The van der Waals surface area contributed by atoms with Gasteiger partial charge in [-0.05, 0) is 56.6 Å². The molecule has 1 aromatic rings. The highest BCUT2D eigenvalue weighted by Crippen LogP contribution is 2.40. The molecule has 3 amide bonds. The third kappa shape index (κ3) is 4.60. The van der Waals surface area contributed by atoms with E-state index in [4.69, 9.17) is 0 Å². The van der Waals surface area contributed by atoms with Gasteiger partial charge in [0.15, 0.2) is 0 Å². The number of hydrogen-bond acceptors (Lipinski definition) is 3. The summed E-state index contributed by atoms with van der Waals surface area (Å²) in [5.41, 5.74) is 1.35. The predicted octanol–water partition coefficient (Wildman–Crippen LogP) is 2.79. The molecule has 3 rings (SSSR count). The van der Waals surface area contributed by atoms with E-state index in [1.54, 1.807) is 6.20 Å². The molecule has 0 saturated carbocycles. The van der Waals surface area contributed by atoms with Crippen molar-refractivity contribution in [2.75, 3.05) is 39.3 Å². The zero-order chi connectivity index (χ0) is 19.3. The predicted molar refractivity (Wildman–Crippen MR) is 105 cm³/mol. The molecule has 0 aliphatic carbocycles. The minimum atomic E-state index is 0.162. The summed E-state index contributed by atoms with van der Waals surface area (Å²) in [6.07, 6.45) is 8.09. The smallest absolute Gasteiger partial charge is 0.319 e. The number of amides is 3. The SMILES string of the molecule is CCN(CC)C(=O)N1CCC2(CCC(=O)N(CCc3cccnc3)C2)CC1. The van der Waals surface area contributed by atoms with Gasteiger partial charge in [0.1, 0.15) is 0 Å². The largest absolute Gasteiger partial charge is 0.342 e. The Hall–Kier alpha value is -2.11. The third-order valence-corrected chi connectivity index (χ3v) is 6.27. The zero-order valence-electron chi connectivity index (χ0n) is 16.7. The van der Waals surface area contributed by atoms with Gasteiger partial charge in [-0.3, -0.25) is 9.78 Å². The van der Waals surface area contributed by atoms with Crippen molar-refractivity contribution >= 4 is 11.9 Å². The molecule has 0 radical (unpaired) electrons. The van der Waals surface area contributed by atoms with Crippen LogP contribution in [0.5, 0.6) is 0 Å². The van der Waals surface area contributed by atoms with E-state index in [0.717, 1.165) is 65.0 Å². The van der Waals surface area contributed by atoms with Gasteiger partial charge in [-0.25, -0.2) is 4.79 Å². The lowest BCUT2D eigenvalue weighted by atomic mass is 9.72. The second-order valence-electron chi connectivity index (χ2n) is 7.87. The molecule has 6 nitrogen and oxygen atoms in total. The molecule has 1 aromatic heterocycles. The Labute approximate surface area is 162 Å². The fourth-order valence-corrected chi connectivity index (χ4v) is 4.39. The highest BCUT2D eigenvalue weighted by atomic mass is 16.2. The summed E-state index contributed by atoms with van der Waals surface area (Å²) in [5, 5.41) is 0. The van der Waals surface area contributed by atoms with Gasteiger partial charge in [0.25, 0.3) is 0 Å². The molecule has 0 atom stereocenters. The van der Waals surface area contributed by atoms with Crippen LogP contribution in [0.4, 0.5) is 4.79 Å². The van der Waals surface area contributed by atoms with Crippen molar-refractivity contribution in [3.63, 3.8) is 0 Å². The van der Waals surface area contributed by atoms with E-state index >= 15 is 0 Å². The van der Waals surface area contributed by atoms with E-state index in [1.807, 2.05) is 40.8 Å². The number of urea groups is 1. The Bertz CT molecular complexity index is 637. The van der Waals surface area contributed by atoms with Crippen molar-refractivity contribution in [3.05, 3.63) is 30.1 Å². The minimum Gasteiger partial charge on any atom is -0.342 e. The monoisotopic (exact) mass is 372 g/mol. The summed E-state index contributed by atoms with van der Waals surface area (Å²) in [7, 11) is 0. The molecule has 1 spiro atoms. The fraction of sp³-hybridized carbons (Fsp3) is 0.667. The zero-order valence-corrected chi connectivity index (χ0v) is 16.7. The van der Waals surface area contributed by atoms with Crippen molar-refractivity contribution in [3.8, 4) is 0 Å². The van der Waals surface area contributed by atoms with Gasteiger partial charge in [0.2, 0.25) is 5.91 Å². The van der Waals surface area contributed by atoms with E-state index in [9.17, 15) is 9.59 Å². The van der Waals surface area contributed by atoms with Gasteiger partial charge in [-0.15, -0.1) is 0 Å². The molecule has 27 heavy (non-hydrogen) atoms. The first-order valence-corrected chi connectivity index (χ1v) is 10.3. The van der Waals surface area contributed by atoms with E-state index in [2.05, 4.69) is 11.1 Å². The van der Waals surface area contributed by atoms with Crippen LogP contribution in [0.25, 0.3) is 0 Å². The van der Waals surface area contributed by atoms with Crippen molar-refractivity contribution in [2.24, 2.45) is 5.41 Å². The van der Waals surface area contributed by atoms with Crippen LogP contribution < -0.4 is 0 Å². The number of piperidine rings is 2. The second kappa shape index (κ2) is 8.72. The summed E-state index contributed by atoms with van der Waals surface area (Å²) in [5.74, 6) is 0.270. The lowest BCUT2D eigenvalue weighted by Crippen LogP contribution is -2.54. The number of hydrogen-bond donors (Lipinski definition) is 0. The minimum absolute atomic E-state index is 0.162. The van der Waals surface area contributed by atoms with Crippen molar-refractivity contribution in [1.82, 2.24) is 19.7 Å². The Kier molecular flexibility index (Phi) is 6.34. The molecule has 0 N–H and O–H groups in total. The molecule has 6 heteroatoms. The van der Waals surface area contributed by atoms with Crippen molar-refractivity contribution < 1.29 is 9.59 Å². The molecule has 0 bridgehead atoms. The summed E-state index contributed by atoms with van der Waals surface area (Å²) < 4.78 is 0. The summed E-state index contributed by atoms with van der Waals surface area (Å²) in [6, 6.07) is 4.17. The van der Waals surface area contributed by atoms with Gasteiger partial charge < -0.3 is 14.7 Å². The van der Waals surface area contributed by atoms with E-state index in [1.165, 1.54) is 5.56 Å². The molecule has 2 aliphatic rings. The quantitative estimate of drug-likeness (QED) is 0.799. The maximum absolute atomic E-state index is 12.6. The topological polar surface area (TPSA) is 56.8 Å². The highest BCUT2D eigenvalue weighted by molar-refractivity contribution is 5.77. The standard InChI is InChI=1S/C21H32N4O2/c1-3-23(4-2)20(27)24-14-10-21(11-15-24)9-7-19(26)25(17-21)13-8-18-6-5-12-22-16-18/h5-6,12,16H,3-4,7-11,13-15,17H2,1-2H3. The summed E-state index contributed by atoms with van der Waals surface area (Å²) in [6.45, 7) is 8.77. The van der Waals surface area contributed by atoms with Crippen LogP contribution in [0.15, 0.2) is 24.5 Å². The van der Waals surface area contributed by atoms with Crippen molar-refractivity contribution in [1.29, 1.82) is 0 Å². The average molecular weight is 373 g/mol. The number of aromatic nitrogens is 1. The molecule has 148 valence electrons. The lowest BCUT2D eigenvalue weighted by Gasteiger charge is -2.48. The van der Waals surface area contributed by atoms with Gasteiger partial charge in [0, 0.05) is 58.1 Å². The average Bonchev–Trinajstić information content (AvgIpc) is 2.71. The van der Waals surface area contributed by atoms with Gasteiger partial charge in [0.05, 0.1) is 0 Å². The fourth-order valence-electron chi connectivity index (χ4n) is 4.39. The molecule has 2 fully saturated rings. The Balaban J connectivity index is 1.56. The first kappa shape index (κ1) is 19.6. The Morgan fingerprint density at radius 3 is 2.59 bits per heavy atom. The number of nitrogens with zero attached hydrogens (tertiary/aromatic N) is 4. The first-order valence-electron chi connectivity index (χ1n) is 10.3. The molecule has 2 saturated heterocycles. The van der Waals surface area contributed by atoms with Crippen molar-refractivity contribution in [2.45, 2.75) is 46.0 Å². The Morgan fingerprint density at radius 2 is 1.96 bits per heavy atom. The molecule has 2 aliphatic heterocycles. The van der Waals surface area contributed by atoms with E-state index in [0.29, 0.717) is 6.42 Å². The number of carbonyl (C=O) groups excluding carboxylic acids is 2. The highest BCUT2D eigenvalue weighted by Gasteiger charge is 2.41. The lowest BCUT2D eigenvalue weighted by molar-refractivity contribution is -0.138. The number of pyridine rings is 1. The van der Waals surface area contributed by atoms with Crippen LogP contribution in [-0.4, -0.2) is 70.9 Å². The molecular formula is C21H32N4O2. The van der Waals surface area contributed by atoms with Crippen LogP contribution in [0, 0.1) is 5.41 Å². The molecule has 0 unspecified atom stereocenters. The van der Waals surface area contributed by atoms with Crippen LogP contribution >= 0.6 is 0 Å². The number of carbonyl (C=O) groups is 2. The van der Waals surface area contributed by atoms with Gasteiger partial charge in [-0.1, -0.05) is 6.07 Å². The maximum Gasteiger partial charge on any atom is 0.319 e. The second-order valence-corrected chi connectivity index (χ2v) is 7.87. The van der Waals surface area contributed by atoms with E-state index in [-0.39, 0.29) is 17.4 Å². The van der Waals surface area contributed by atoms with Gasteiger partial charge >= 0.3 is 6.03 Å². The van der Waals surface area contributed by atoms with E-state index < -0.39 is 0 Å². The first-order chi connectivity index (χ1) is 13.1. The molecular weight excluding hydrogens is 340 g/mol. The third-order valence-electron chi connectivity index (χ3n) is 6.27. The molecule has 3 heterocycles. The molecule has 0 aromatic carbocycles. The summed E-state index contributed by atoms with van der Waals surface area (Å²) >= 11 is 0. The summed E-state index contributed by atoms with van der Waals surface area (Å²) in [4.78, 5) is 35.1. The maximum atomic E-state index is 12.6. The van der Waals surface area contributed by atoms with Crippen LogP contribution in [0.2, 0.25) is 0 Å². The Morgan fingerprint density at radius 1 is 1.22 bits per heavy atom. The number of likely N-dealkylation sites (tertiary alicyclic amines) is 2. The van der Waals surface area contributed by atoms with Crippen LogP contribution in [-0.2, 0) is 11.2 Å². The van der Waals surface area contributed by atoms with Crippen LogP contribution in [0.3, 0.4) is 0 Å². The van der Waals surface area contributed by atoms with Crippen LogP contribution in [0.1, 0.15) is 45.1 Å². The normalized spacial score (nSPS) is 19.4.